The average Bonchev–Trinajstić information content (AvgIpc) is 3.47. The zero-order chi connectivity index (χ0) is 35.9. The molecule has 0 unspecified atom stereocenters. The minimum atomic E-state index is -0.146. The van der Waals surface area contributed by atoms with Crippen molar-refractivity contribution in [1.82, 2.24) is 9.97 Å². The molecule has 0 bridgehead atoms. The Kier molecular flexibility index (Phi) is 7.87. The molecule has 0 saturated heterocycles. The second-order valence-corrected chi connectivity index (χ2v) is 14.1. The van der Waals surface area contributed by atoms with Crippen LogP contribution in [0.4, 0.5) is 5.69 Å². The molecule has 0 saturated carbocycles. The quantitative estimate of drug-likeness (QED) is 0.164. The maximum atomic E-state index is 7.85. The molecule has 0 atom stereocenters. The van der Waals surface area contributed by atoms with Gasteiger partial charge in [-0.2, -0.15) is 0 Å². The predicted octanol–water partition coefficient (Wildman–Crippen LogP) is 13.3. The van der Waals surface area contributed by atoms with Crippen LogP contribution < -0.4 is 0 Å². The number of hydrogen-bond donors (Lipinski definition) is 0. The molecule has 1 aliphatic rings. The SMILES string of the molecule is [C-]#[N+]c1cccc2c1-c1cc(-c3cccc(-c4ccc(-c5cc(-c6ccc(-c7ccccc7)cc6)nc(-c6ccccc6)n5)cc4)c3)ccc1C2(C)C. The maximum absolute atomic E-state index is 7.85. The minimum Gasteiger partial charge on any atom is -0.238 e. The Bertz CT molecular complexity index is 2670. The van der Waals surface area contributed by atoms with Gasteiger partial charge in [0.1, 0.15) is 0 Å². The third kappa shape index (κ3) is 5.81. The first-order chi connectivity index (χ1) is 26.0. The molecule has 250 valence electrons. The lowest BCUT2D eigenvalue weighted by atomic mass is 9.82. The highest BCUT2D eigenvalue weighted by molar-refractivity contribution is 5.92. The number of rotatable bonds is 6. The van der Waals surface area contributed by atoms with Crippen LogP contribution in [0.1, 0.15) is 25.0 Å². The van der Waals surface area contributed by atoms with Gasteiger partial charge in [0.05, 0.1) is 18.0 Å². The van der Waals surface area contributed by atoms with Crippen molar-refractivity contribution in [2.45, 2.75) is 19.3 Å². The normalized spacial score (nSPS) is 12.5. The Morgan fingerprint density at radius 3 is 1.51 bits per heavy atom. The third-order valence-electron chi connectivity index (χ3n) is 10.6. The van der Waals surface area contributed by atoms with E-state index in [-0.39, 0.29) is 5.41 Å². The second kappa shape index (κ2) is 13.0. The van der Waals surface area contributed by atoms with Crippen molar-refractivity contribution in [3.8, 4) is 78.4 Å². The lowest BCUT2D eigenvalue weighted by Gasteiger charge is -2.21. The number of fused-ring (bicyclic) bond motifs is 3. The van der Waals surface area contributed by atoms with Crippen molar-refractivity contribution in [1.29, 1.82) is 0 Å². The molecule has 7 aromatic carbocycles. The summed E-state index contributed by atoms with van der Waals surface area (Å²) in [7, 11) is 0. The Balaban J connectivity index is 1.05. The summed E-state index contributed by atoms with van der Waals surface area (Å²) in [5, 5.41) is 0. The first-order valence-electron chi connectivity index (χ1n) is 17.9. The molecule has 0 fully saturated rings. The summed E-state index contributed by atoms with van der Waals surface area (Å²) in [5.74, 6) is 0.700. The molecule has 0 radical (unpaired) electrons. The van der Waals surface area contributed by atoms with Crippen molar-refractivity contribution < 1.29 is 0 Å². The van der Waals surface area contributed by atoms with Gasteiger partial charge < -0.3 is 0 Å². The number of nitrogens with zero attached hydrogens (tertiary/aromatic N) is 3. The molecule has 0 spiro atoms. The fourth-order valence-electron chi connectivity index (χ4n) is 7.69. The van der Waals surface area contributed by atoms with Gasteiger partial charge >= 0.3 is 0 Å². The monoisotopic (exact) mass is 677 g/mol. The molecular formula is C50H35N3. The first kappa shape index (κ1) is 32.0. The van der Waals surface area contributed by atoms with Crippen molar-refractivity contribution in [2.24, 2.45) is 0 Å². The van der Waals surface area contributed by atoms with Gasteiger partial charge in [-0.3, -0.25) is 0 Å². The standard InChI is InChI=1S/C50H35N3/c1-50(2)43-29-28-41(31-42(43)48-44(50)18-11-19-45(48)51-3)40-17-10-16-39(30-40)35-22-26-37(27-23-35)47-32-46(52-49(53-47)38-14-8-5-9-15-38)36-24-20-34(21-25-36)33-12-6-4-7-13-33/h4-32H,1-2H3. The molecule has 3 heteroatoms. The van der Waals surface area contributed by atoms with Gasteiger partial charge in [-0.25, -0.2) is 14.8 Å². The summed E-state index contributed by atoms with van der Waals surface area (Å²) in [6.07, 6.45) is 0. The van der Waals surface area contributed by atoms with Gasteiger partial charge in [-0.15, -0.1) is 0 Å². The van der Waals surface area contributed by atoms with E-state index in [1.165, 1.54) is 22.3 Å². The van der Waals surface area contributed by atoms with Gasteiger partial charge in [0.25, 0.3) is 0 Å². The van der Waals surface area contributed by atoms with Crippen LogP contribution in [0.15, 0.2) is 176 Å². The summed E-state index contributed by atoms with van der Waals surface area (Å²) in [4.78, 5) is 14.0. The number of aromatic nitrogens is 2. The van der Waals surface area contributed by atoms with Gasteiger partial charge in [0, 0.05) is 22.1 Å². The zero-order valence-electron chi connectivity index (χ0n) is 29.6. The van der Waals surface area contributed by atoms with E-state index in [9.17, 15) is 0 Å². The van der Waals surface area contributed by atoms with Gasteiger partial charge in [0.15, 0.2) is 11.5 Å². The molecule has 9 rings (SSSR count). The van der Waals surface area contributed by atoms with Crippen LogP contribution in [-0.4, -0.2) is 9.97 Å². The fourth-order valence-corrected chi connectivity index (χ4v) is 7.69. The maximum Gasteiger partial charge on any atom is 0.195 e. The Morgan fingerprint density at radius 2 is 0.887 bits per heavy atom. The average molecular weight is 678 g/mol. The number of benzene rings is 7. The van der Waals surface area contributed by atoms with Gasteiger partial charge in [-0.05, 0) is 73.8 Å². The van der Waals surface area contributed by atoms with Gasteiger partial charge in [-0.1, -0.05) is 172 Å². The highest BCUT2D eigenvalue weighted by Crippen LogP contribution is 2.53. The highest BCUT2D eigenvalue weighted by atomic mass is 14.9. The van der Waals surface area contributed by atoms with E-state index in [1.54, 1.807) is 0 Å². The van der Waals surface area contributed by atoms with E-state index in [2.05, 4.69) is 158 Å². The van der Waals surface area contributed by atoms with E-state index in [0.717, 1.165) is 61.5 Å². The Labute approximate surface area is 310 Å². The van der Waals surface area contributed by atoms with E-state index >= 15 is 0 Å². The molecular weight excluding hydrogens is 643 g/mol. The number of hydrogen-bond acceptors (Lipinski definition) is 2. The van der Waals surface area contributed by atoms with Crippen LogP contribution in [0.3, 0.4) is 0 Å². The molecule has 1 heterocycles. The second-order valence-electron chi connectivity index (χ2n) is 14.1. The summed E-state index contributed by atoms with van der Waals surface area (Å²) in [5.41, 5.74) is 17.0. The molecule has 0 amide bonds. The third-order valence-corrected chi connectivity index (χ3v) is 10.6. The van der Waals surface area contributed by atoms with Crippen molar-refractivity contribution in [2.75, 3.05) is 0 Å². The van der Waals surface area contributed by atoms with Crippen molar-refractivity contribution in [3.63, 3.8) is 0 Å². The van der Waals surface area contributed by atoms with Crippen LogP contribution in [0.2, 0.25) is 0 Å². The minimum absolute atomic E-state index is 0.146. The molecule has 1 aromatic heterocycles. The predicted molar refractivity (Wildman–Crippen MR) is 218 cm³/mol. The van der Waals surface area contributed by atoms with Gasteiger partial charge in [0.2, 0.25) is 0 Å². The van der Waals surface area contributed by atoms with E-state index < -0.39 is 0 Å². The van der Waals surface area contributed by atoms with Crippen LogP contribution in [-0.2, 0) is 5.41 Å². The highest BCUT2D eigenvalue weighted by Gasteiger charge is 2.36. The first-order valence-corrected chi connectivity index (χ1v) is 17.9. The fraction of sp³-hybridized carbons (Fsp3) is 0.0600. The molecule has 53 heavy (non-hydrogen) atoms. The van der Waals surface area contributed by atoms with Crippen molar-refractivity contribution in [3.05, 3.63) is 198 Å². The summed E-state index contributed by atoms with van der Waals surface area (Å²) in [6.45, 7) is 12.4. The van der Waals surface area contributed by atoms with E-state index in [0.29, 0.717) is 11.5 Å². The van der Waals surface area contributed by atoms with E-state index in [1.807, 2.05) is 36.4 Å². The molecule has 3 nitrogen and oxygen atoms in total. The largest absolute Gasteiger partial charge is 0.238 e. The Hall–Kier alpha value is -6.89. The lowest BCUT2D eigenvalue weighted by Crippen LogP contribution is -2.14. The van der Waals surface area contributed by atoms with Crippen molar-refractivity contribution >= 4 is 5.69 Å². The Morgan fingerprint density at radius 1 is 0.415 bits per heavy atom. The van der Waals surface area contributed by atoms with E-state index in [4.69, 9.17) is 16.5 Å². The lowest BCUT2D eigenvalue weighted by molar-refractivity contribution is 0.660. The molecule has 0 aliphatic heterocycles. The summed E-state index contributed by atoms with van der Waals surface area (Å²) in [6, 6.07) is 61.5. The smallest absolute Gasteiger partial charge is 0.195 e. The van der Waals surface area contributed by atoms with Crippen LogP contribution in [0, 0.1) is 6.57 Å². The van der Waals surface area contributed by atoms with Crippen LogP contribution in [0.25, 0.3) is 83.3 Å². The topological polar surface area (TPSA) is 30.1 Å². The van der Waals surface area contributed by atoms with Crippen LogP contribution >= 0.6 is 0 Å². The summed E-state index contributed by atoms with van der Waals surface area (Å²) >= 11 is 0. The van der Waals surface area contributed by atoms with Crippen LogP contribution in [0.5, 0.6) is 0 Å². The zero-order valence-corrected chi connectivity index (χ0v) is 29.6. The molecule has 8 aromatic rings. The molecule has 1 aliphatic carbocycles. The molecule has 0 N–H and O–H groups in total. The summed E-state index contributed by atoms with van der Waals surface area (Å²) < 4.78 is 0.